The normalized spacial score (nSPS) is 27.0. The second-order valence-corrected chi connectivity index (χ2v) is 5.35. The second kappa shape index (κ2) is 4.53. The molecule has 1 aliphatic rings. The number of thioether (sulfide) groups is 1. The zero-order valence-corrected chi connectivity index (χ0v) is 9.76. The molecule has 1 aromatic rings. The number of nitrogens with zero attached hydrogens (tertiary/aromatic N) is 3. The maximum absolute atomic E-state index is 5.97. The number of rotatable bonds is 3. The highest BCUT2D eigenvalue weighted by Crippen LogP contribution is 2.39. The van der Waals surface area contributed by atoms with Gasteiger partial charge in [-0.25, -0.2) is 0 Å². The molecule has 78 valence electrons. The monoisotopic (exact) mass is 231 g/mol. The maximum Gasteiger partial charge on any atom is 0.225 e. The predicted octanol–water partition coefficient (Wildman–Crippen LogP) is 2.78. The van der Waals surface area contributed by atoms with E-state index in [4.69, 9.17) is 11.6 Å². The van der Waals surface area contributed by atoms with Crippen molar-refractivity contribution in [3.8, 4) is 0 Å². The summed E-state index contributed by atoms with van der Waals surface area (Å²) in [6, 6.07) is 0.502. The van der Waals surface area contributed by atoms with E-state index in [1.807, 2.05) is 16.3 Å². The number of halogens is 1. The third-order valence-electron chi connectivity index (χ3n) is 2.69. The fraction of sp³-hybridized carbons (Fsp3) is 0.778. The van der Waals surface area contributed by atoms with Gasteiger partial charge in [-0.3, -0.25) is 0 Å². The Hall–Kier alpha value is -0.220. The molecule has 1 aromatic heterocycles. The van der Waals surface area contributed by atoms with Crippen molar-refractivity contribution in [2.24, 2.45) is 0 Å². The van der Waals surface area contributed by atoms with Gasteiger partial charge in [0.25, 0.3) is 0 Å². The van der Waals surface area contributed by atoms with Crippen LogP contribution in [0.25, 0.3) is 0 Å². The van der Waals surface area contributed by atoms with Gasteiger partial charge < -0.3 is 4.57 Å². The number of aromatic nitrogens is 3. The first-order chi connectivity index (χ1) is 6.83. The smallest absolute Gasteiger partial charge is 0.225 e. The molecule has 0 spiro atoms. The van der Waals surface area contributed by atoms with Gasteiger partial charge >= 0.3 is 0 Å². The Kier molecular flexibility index (Phi) is 3.34. The van der Waals surface area contributed by atoms with Crippen LogP contribution >= 0.6 is 23.4 Å². The van der Waals surface area contributed by atoms with Gasteiger partial charge in [0, 0.05) is 11.3 Å². The van der Waals surface area contributed by atoms with Gasteiger partial charge in [-0.2, -0.15) is 11.8 Å². The molecule has 1 saturated carbocycles. The van der Waals surface area contributed by atoms with Crippen molar-refractivity contribution >= 4 is 23.4 Å². The van der Waals surface area contributed by atoms with Crippen LogP contribution in [0.2, 0.25) is 5.28 Å². The molecule has 2 unspecified atom stereocenters. The fourth-order valence-electron chi connectivity index (χ4n) is 2.08. The molecule has 3 nitrogen and oxygen atoms in total. The lowest BCUT2D eigenvalue weighted by molar-refractivity contribution is 0.527. The van der Waals surface area contributed by atoms with Crippen LogP contribution in [0, 0.1) is 0 Å². The minimum atomic E-state index is 0.502. The summed E-state index contributed by atoms with van der Waals surface area (Å²) in [4.78, 5) is 0. The SMILES string of the molecule is CCSC1CCCC1n1cnnc1Cl. The lowest BCUT2D eigenvalue weighted by Gasteiger charge is -2.19. The molecule has 0 radical (unpaired) electrons. The zero-order valence-electron chi connectivity index (χ0n) is 8.19. The fourth-order valence-corrected chi connectivity index (χ4v) is 3.55. The molecule has 1 aliphatic carbocycles. The number of hydrogen-bond acceptors (Lipinski definition) is 3. The average Bonchev–Trinajstić information content (AvgIpc) is 2.74. The van der Waals surface area contributed by atoms with E-state index in [0.29, 0.717) is 16.6 Å². The third-order valence-corrected chi connectivity index (χ3v) is 4.27. The van der Waals surface area contributed by atoms with Crippen LogP contribution in [0.5, 0.6) is 0 Å². The first-order valence-electron chi connectivity index (χ1n) is 4.99. The summed E-state index contributed by atoms with van der Waals surface area (Å²) in [6.07, 6.45) is 5.53. The summed E-state index contributed by atoms with van der Waals surface area (Å²) in [6.45, 7) is 2.20. The van der Waals surface area contributed by atoms with Gasteiger partial charge in [0.1, 0.15) is 6.33 Å². The molecule has 1 fully saturated rings. The van der Waals surface area contributed by atoms with Gasteiger partial charge in [-0.15, -0.1) is 10.2 Å². The van der Waals surface area contributed by atoms with Crippen molar-refractivity contribution in [2.45, 2.75) is 37.5 Å². The summed E-state index contributed by atoms with van der Waals surface area (Å²) in [5.41, 5.74) is 0. The Morgan fingerprint density at radius 2 is 2.50 bits per heavy atom. The molecule has 0 bridgehead atoms. The van der Waals surface area contributed by atoms with Crippen molar-refractivity contribution in [3.05, 3.63) is 11.6 Å². The Morgan fingerprint density at radius 3 is 3.14 bits per heavy atom. The van der Waals surface area contributed by atoms with Crippen LogP contribution in [0.4, 0.5) is 0 Å². The lowest BCUT2D eigenvalue weighted by atomic mass is 10.2. The van der Waals surface area contributed by atoms with E-state index in [1.165, 1.54) is 25.0 Å². The molecular formula is C9H14ClN3S. The summed E-state index contributed by atoms with van der Waals surface area (Å²) in [5, 5.41) is 8.87. The van der Waals surface area contributed by atoms with E-state index in [9.17, 15) is 0 Å². The van der Waals surface area contributed by atoms with Crippen molar-refractivity contribution in [2.75, 3.05) is 5.75 Å². The highest BCUT2D eigenvalue weighted by Gasteiger charge is 2.29. The predicted molar refractivity (Wildman–Crippen MR) is 59.8 cm³/mol. The molecule has 0 aliphatic heterocycles. The van der Waals surface area contributed by atoms with Crippen LogP contribution in [-0.2, 0) is 0 Å². The van der Waals surface area contributed by atoms with E-state index >= 15 is 0 Å². The summed E-state index contributed by atoms with van der Waals surface area (Å²) in [5.74, 6) is 1.17. The summed E-state index contributed by atoms with van der Waals surface area (Å²) >= 11 is 7.98. The van der Waals surface area contributed by atoms with Crippen LogP contribution < -0.4 is 0 Å². The number of hydrogen-bond donors (Lipinski definition) is 0. The van der Waals surface area contributed by atoms with E-state index in [0.717, 1.165) is 0 Å². The van der Waals surface area contributed by atoms with E-state index in [-0.39, 0.29) is 0 Å². The van der Waals surface area contributed by atoms with Crippen LogP contribution in [0.1, 0.15) is 32.2 Å². The lowest BCUT2D eigenvalue weighted by Crippen LogP contribution is -2.15. The van der Waals surface area contributed by atoms with Crippen LogP contribution in [0.15, 0.2) is 6.33 Å². The molecule has 14 heavy (non-hydrogen) atoms. The van der Waals surface area contributed by atoms with Crippen molar-refractivity contribution in [1.82, 2.24) is 14.8 Å². The maximum atomic E-state index is 5.97. The van der Waals surface area contributed by atoms with Crippen molar-refractivity contribution < 1.29 is 0 Å². The van der Waals surface area contributed by atoms with E-state index in [2.05, 4.69) is 17.1 Å². The minimum absolute atomic E-state index is 0.502. The quantitative estimate of drug-likeness (QED) is 0.802. The topological polar surface area (TPSA) is 30.7 Å². The molecule has 1 heterocycles. The molecular weight excluding hydrogens is 218 g/mol. The van der Waals surface area contributed by atoms with Gasteiger partial charge in [-0.1, -0.05) is 13.3 Å². The van der Waals surface area contributed by atoms with Crippen LogP contribution in [0.3, 0.4) is 0 Å². The molecule has 5 heteroatoms. The molecule has 0 saturated heterocycles. The zero-order chi connectivity index (χ0) is 9.97. The van der Waals surface area contributed by atoms with Crippen LogP contribution in [-0.4, -0.2) is 25.8 Å². The third kappa shape index (κ3) is 1.91. The molecule has 2 rings (SSSR count). The molecule has 2 atom stereocenters. The first kappa shape index (κ1) is 10.3. The minimum Gasteiger partial charge on any atom is -0.300 e. The van der Waals surface area contributed by atoms with Crippen molar-refractivity contribution in [3.63, 3.8) is 0 Å². The Bertz CT molecular complexity index is 302. The standard InChI is InChI=1S/C9H14ClN3S/c1-2-14-8-5-3-4-7(8)13-6-11-12-9(13)10/h6-8H,2-5H2,1H3. The first-order valence-corrected chi connectivity index (χ1v) is 6.42. The van der Waals surface area contributed by atoms with Gasteiger partial charge in [0.05, 0.1) is 0 Å². The van der Waals surface area contributed by atoms with Gasteiger partial charge in [0.15, 0.2) is 0 Å². The summed E-state index contributed by atoms with van der Waals surface area (Å²) < 4.78 is 2.02. The van der Waals surface area contributed by atoms with Gasteiger partial charge in [-0.05, 0) is 30.2 Å². The van der Waals surface area contributed by atoms with Gasteiger partial charge in [0.2, 0.25) is 5.28 Å². The summed E-state index contributed by atoms with van der Waals surface area (Å²) in [7, 11) is 0. The second-order valence-electron chi connectivity index (χ2n) is 3.50. The molecule has 0 aromatic carbocycles. The van der Waals surface area contributed by atoms with E-state index < -0.39 is 0 Å². The highest BCUT2D eigenvalue weighted by molar-refractivity contribution is 7.99. The average molecular weight is 232 g/mol. The Morgan fingerprint density at radius 1 is 1.64 bits per heavy atom. The largest absolute Gasteiger partial charge is 0.300 e. The Balaban J connectivity index is 2.13. The van der Waals surface area contributed by atoms with Crippen molar-refractivity contribution in [1.29, 1.82) is 0 Å². The molecule has 0 amide bonds. The van der Waals surface area contributed by atoms with E-state index in [1.54, 1.807) is 6.33 Å². The Labute approximate surface area is 93.2 Å². The highest BCUT2D eigenvalue weighted by atomic mass is 35.5. The molecule has 0 N–H and O–H groups in total.